The Hall–Kier alpha value is -3.75. The highest BCUT2D eigenvalue weighted by Gasteiger charge is 2.32. The van der Waals surface area contributed by atoms with Crippen LogP contribution in [0.5, 0.6) is 5.75 Å². The zero-order valence-electron chi connectivity index (χ0n) is 13.6. The van der Waals surface area contributed by atoms with Crippen LogP contribution in [0.4, 0.5) is 11.4 Å². The quantitative estimate of drug-likeness (QED) is 0.496. The number of carbonyl (C=O) groups is 3. The molecule has 2 aromatic rings. The topological polar surface area (TPSA) is 119 Å². The Morgan fingerprint density at radius 3 is 2.58 bits per heavy atom. The lowest BCUT2D eigenvalue weighted by Crippen LogP contribution is -2.24. The van der Waals surface area contributed by atoms with Gasteiger partial charge in [0.1, 0.15) is 0 Å². The van der Waals surface area contributed by atoms with Gasteiger partial charge < -0.3 is 10.1 Å². The van der Waals surface area contributed by atoms with Crippen LogP contribution in [0, 0.1) is 10.1 Å². The van der Waals surface area contributed by atoms with Gasteiger partial charge in [-0.3, -0.25) is 29.4 Å². The summed E-state index contributed by atoms with van der Waals surface area (Å²) in [5, 5.41) is 13.4. The average Bonchev–Trinajstić information content (AvgIpc) is 2.84. The molecule has 0 radical (unpaired) electrons. The van der Waals surface area contributed by atoms with E-state index in [0.29, 0.717) is 5.69 Å². The number of ether oxygens (including phenoxy) is 1. The van der Waals surface area contributed by atoms with Crippen LogP contribution in [-0.4, -0.2) is 41.2 Å². The number of para-hydroxylation sites is 2. The standard InChI is InChI=1S/C17H13N3O6/c1-19-16(22)11-7-6-10(8-12(11)17(19)23)18-15(21)9-26-14-5-3-2-4-13(14)20(24)25/h2-8H,9H2,1H3,(H,18,21). The number of nitrogens with zero attached hydrogens (tertiary/aromatic N) is 2. The van der Waals surface area contributed by atoms with E-state index in [2.05, 4.69) is 5.32 Å². The molecule has 1 N–H and O–H groups in total. The fourth-order valence-electron chi connectivity index (χ4n) is 2.51. The number of nitrogens with one attached hydrogen (secondary N) is 1. The summed E-state index contributed by atoms with van der Waals surface area (Å²) in [7, 11) is 1.38. The number of fused-ring (bicyclic) bond motifs is 1. The smallest absolute Gasteiger partial charge is 0.310 e. The van der Waals surface area contributed by atoms with Gasteiger partial charge in [0.2, 0.25) is 0 Å². The molecule has 0 saturated carbocycles. The van der Waals surface area contributed by atoms with Crippen molar-refractivity contribution in [1.29, 1.82) is 0 Å². The molecular formula is C17H13N3O6. The molecule has 1 heterocycles. The normalized spacial score (nSPS) is 12.7. The second-order valence-electron chi connectivity index (χ2n) is 5.49. The number of rotatable bonds is 5. The second kappa shape index (κ2) is 6.63. The molecule has 132 valence electrons. The lowest BCUT2D eigenvalue weighted by atomic mass is 10.1. The summed E-state index contributed by atoms with van der Waals surface area (Å²) in [5.41, 5.74) is 0.544. The van der Waals surface area contributed by atoms with Gasteiger partial charge in [-0.15, -0.1) is 0 Å². The predicted octanol–water partition coefficient (Wildman–Crippen LogP) is 1.84. The van der Waals surface area contributed by atoms with Crippen molar-refractivity contribution in [3.63, 3.8) is 0 Å². The van der Waals surface area contributed by atoms with Gasteiger partial charge in [-0.1, -0.05) is 12.1 Å². The molecule has 0 bridgehead atoms. The number of benzene rings is 2. The number of carbonyl (C=O) groups excluding carboxylic acids is 3. The average molecular weight is 355 g/mol. The van der Waals surface area contributed by atoms with Crippen LogP contribution in [0.2, 0.25) is 0 Å². The summed E-state index contributed by atoms with van der Waals surface area (Å²) < 4.78 is 5.20. The molecule has 0 spiro atoms. The van der Waals surface area contributed by atoms with Crippen LogP contribution >= 0.6 is 0 Å². The number of hydrogen-bond acceptors (Lipinski definition) is 6. The van der Waals surface area contributed by atoms with Gasteiger partial charge in [0, 0.05) is 18.8 Å². The lowest BCUT2D eigenvalue weighted by Gasteiger charge is -2.08. The summed E-state index contributed by atoms with van der Waals surface area (Å²) >= 11 is 0. The van der Waals surface area contributed by atoms with E-state index in [1.54, 1.807) is 6.07 Å². The Morgan fingerprint density at radius 1 is 1.15 bits per heavy atom. The van der Waals surface area contributed by atoms with Crippen molar-refractivity contribution in [2.45, 2.75) is 0 Å². The maximum atomic E-state index is 12.0. The van der Waals surface area contributed by atoms with Gasteiger partial charge in [-0.05, 0) is 24.3 Å². The zero-order chi connectivity index (χ0) is 18.8. The van der Waals surface area contributed by atoms with Gasteiger partial charge in [-0.25, -0.2) is 0 Å². The van der Waals surface area contributed by atoms with Gasteiger partial charge >= 0.3 is 5.69 Å². The Labute approximate surface area is 147 Å². The molecule has 0 aliphatic carbocycles. The molecule has 0 unspecified atom stereocenters. The van der Waals surface area contributed by atoms with Gasteiger partial charge in [-0.2, -0.15) is 0 Å². The van der Waals surface area contributed by atoms with Crippen LogP contribution in [0.15, 0.2) is 42.5 Å². The highest BCUT2D eigenvalue weighted by Crippen LogP contribution is 2.26. The van der Waals surface area contributed by atoms with Crippen LogP contribution in [0.1, 0.15) is 20.7 Å². The van der Waals surface area contributed by atoms with Crippen molar-refractivity contribution in [2.24, 2.45) is 0 Å². The minimum absolute atomic E-state index is 0.0241. The van der Waals surface area contributed by atoms with Crippen molar-refractivity contribution in [2.75, 3.05) is 19.0 Å². The molecule has 0 aromatic heterocycles. The van der Waals surface area contributed by atoms with E-state index < -0.39 is 29.3 Å². The van der Waals surface area contributed by atoms with Crippen LogP contribution in [0.3, 0.4) is 0 Å². The first kappa shape index (κ1) is 17.1. The second-order valence-corrected chi connectivity index (χ2v) is 5.49. The highest BCUT2D eigenvalue weighted by molar-refractivity contribution is 6.21. The fourth-order valence-corrected chi connectivity index (χ4v) is 2.51. The van der Waals surface area contributed by atoms with Crippen molar-refractivity contribution in [3.05, 3.63) is 63.7 Å². The third-order valence-electron chi connectivity index (χ3n) is 3.79. The zero-order valence-corrected chi connectivity index (χ0v) is 13.6. The molecular weight excluding hydrogens is 342 g/mol. The molecule has 0 saturated heterocycles. The number of hydrogen-bond donors (Lipinski definition) is 1. The molecule has 3 rings (SSSR count). The van der Waals surface area contributed by atoms with Gasteiger partial charge in [0.25, 0.3) is 17.7 Å². The van der Waals surface area contributed by atoms with E-state index in [9.17, 15) is 24.5 Å². The number of anilines is 1. The van der Waals surface area contributed by atoms with Crippen molar-refractivity contribution in [3.8, 4) is 5.75 Å². The van der Waals surface area contributed by atoms with E-state index >= 15 is 0 Å². The first-order valence-corrected chi connectivity index (χ1v) is 7.51. The van der Waals surface area contributed by atoms with Gasteiger partial charge in [0.05, 0.1) is 16.1 Å². The fraction of sp³-hybridized carbons (Fsp3) is 0.118. The minimum atomic E-state index is -0.604. The van der Waals surface area contributed by atoms with Crippen LogP contribution in [-0.2, 0) is 4.79 Å². The monoisotopic (exact) mass is 355 g/mol. The summed E-state index contributed by atoms with van der Waals surface area (Å²) in [4.78, 5) is 47.1. The van der Waals surface area contributed by atoms with E-state index in [1.165, 1.54) is 43.4 Å². The number of imide groups is 1. The SMILES string of the molecule is CN1C(=O)c2ccc(NC(=O)COc3ccccc3[N+](=O)[O-])cc2C1=O. The molecule has 1 aliphatic rings. The number of nitro benzene ring substituents is 1. The van der Waals surface area contributed by atoms with E-state index in [0.717, 1.165) is 4.90 Å². The van der Waals surface area contributed by atoms with E-state index in [-0.39, 0.29) is 22.6 Å². The molecule has 9 nitrogen and oxygen atoms in total. The lowest BCUT2D eigenvalue weighted by molar-refractivity contribution is -0.385. The minimum Gasteiger partial charge on any atom is -0.477 e. The van der Waals surface area contributed by atoms with E-state index in [1.807, 2.05) is 0 Å². The van der Waals surface area contributed by atoms with Crippen molar-refractivity contribution >= 4 is 29.1 Å². The largest absolute Gasteiger partial charge is 0.477 e. The summed E-state index contributed by atoms with van der Waals surface area (Å²) in [6, 6.07) is 10.1. The third kappa shape index (κ3) is 3.09. The molecule has 26 heavy (non-hydrogen) atoms. The Morgan fingerprint density at radius 2 is 1.85 bits per heavy atom. The third-order valence-corrected chi connectivity index (χ3v) is 3.79. The molecule has 2 aromatic carbocycles. The molecule has 3 amide bonds. The Kier molecular flexibility index (Phi) is 4.36. The first-order valence-electron chi connectivity index (χ1n) is 7.51. The number of amides is 3. The van der Waals surface area contributed by atoms with E-state index in [4.69, 9.17) is 4.74 Å². The molecule has 9 heteroatoms. The van der Waals surface area contributed by atoms with Crippen molar-refractivity contribution in [1.82, 2.24) is 4.90 Å². The first-order chi connectivity index (χ1) is 12.4. The Balaban J connectivity index is 1.68. The summed E-state index contributed by atoms with van der Waals surface area (Å²) in [5.74, 6) is -1.43. The summed E-state index contributed by atoms with van der Waals surface area (Å²) in [6.07, 6.45) is 0. The van der Waals surface area contributed by atoms with Crippen LogP contribution in [0.25, 0.3) is 0 Å². The van der Waals surface area contributed by atoms with Gasteiger partial charge in [0.15, 0.2) is 12.4 Å². The molecule has 0 atom stereocenters. The maximum absolute atomic E-state index is 12.0. The Bertz CT molecular complexity index is 940. The summed E-state index contributed by atoms with van der Waals surface area (Å²) in [6.45, 7) is -0.450. The molecule has 0 fully saturated rings. The van der Waals surface area contributed by atoms with Crippen LogP contribution < -0.4 is 10.1 Å². The maximum Gasteiger partial charge on any atom is 0.310 e. The molecule has 1 aliphatic heterocycles. The predicted molar refractivity (Wildman–Crippen MR) is 90.1 cm³/mol. The number of nitro groups is 1. The van der Waals surface area contributed by atoms with Crippen molar-refractivity contribution < 1.29 is 24.0 Å². The highest BCUT2D eigenvalue weighted by atomic mass is 16.6.